The predicted molar refractivity (Wildman–Crippen MR) is 78.3 cm³/mol. The van der Waals surface area contributed by atoms with Gasteiger partial charge in [-0.25, -0.2) is 0 Å². The van der Waals surface area contributed by atoms with E-state index in [4.69, 9.17) is 9.47 Å². The fourth-order valence-electron chi connectivity index (χ4n) is 2.47. The van der Waals surface area contributed by atoms with Crippen LogP contribution in [0.3, 0.4) is 0 Å². The van der Waals surface area contributed by atoms with Gasteiger partial charge >= 0.3 is 11.9 Å². The molecule has 0 aromatic heterocycles. The molecule has 2 unspecified atom stereocenters. The second-order valence-electron chi connectivity index (χ2n) is 6.56. The molecule has 1 aliphatic heterocycles. The SMILES string of the molecule is CC(C)(C)C1CC(CC(=O)OCc2ccccc2)OC1=O. The molecule has 1 aliphatic rings. The summed E-state index contributed by atoms with van der Waals surface area (Å²) in [6.07, 6.45) is 0.360. The van der Waals surface area contributed by atoms with Crippen LogP contribution in [0.4, 0.5) is 0 Å². The summed E-state index contributed by atoms with van der Waals surface area (Å²) >= 11 is 0. The molecule has 0 amide bonds. The molecule has 0 spiro atoms. The molecule has 4 heteroatoms. The third-order valence-electron chi connectivity index (χ3n) is 3.75. The van der Waals surface area contributed by atoms with E-state index in [2.05, 4.69) is 0 Å². The van der Waals surface area contributed by atoms with Gasteiger partial charge in [0.15, 0.2) is 0 Å². The number of hydrogen-bond acceptors (Lipinski definition) is 4. The maximum Gasteiger partial charge on any atom is 0.309 e. The summed E-state index contributed by atoms with van der Waals surface area (Å²) in [7, 11) is 0. The highest BCUT2D eigenvalue weighted by Gasteiger charge is 2.42. The molecule has 1 aromatic carbocycles. The van der Waals surface area contributed by atoms with E-state index >= 15 is 0 Å². The van der Waals surface area contributed by atoms with E-state index in [1.165, 1.54) is 0 Å². The van der Waals surface area contributed by atoms with Gasteiger partial charge < -0.3 is 9.47 Å². The lowest BCUT2D eigenvalue weighted by Gasteiger charge is -2.22. The Morgan fingerprint density at radius 2 is 1.95 bits per heavy atom. The molecule has 1 heterocycles. The van der Waals surface area contributed by atoms with E-state index in [-0.39, 0.29) is 42.4 Å². The number of benzene rings is 1. The van der Waals surface area contributed by atoms with Gasteiger partial charge in [-0.2, -0.15) is 0 Å². The van der Waals surface area contributed by atoms with E-state index in [0.717, 1.165) is 5.56 Å². The molecule has 114 valence electrons. The molecule has 4 nitrogen and oxygen atoms in total. The van der Waals surface area contributed by atoms with Crippen LogP contribution >= 0.6 is 0 Å². The third kappa shape index (κ3) is 4.31. The molecule has 2 atom stereocenters. The van der Waals surface area contributed by atoms with Crippen LogP contribution in [0.25, 0.3) is 0 Å². The highest BCUT2D eigenvalue weighted by molar-refractivity contribution is 5.77. The van der Waals surface area contributed by atoms with Gasteiger partial charge in [-0.05, 0) is 17.4 Å². The zero-order chi connectivity index (χ0) is 15.5. The van der Waals surface area contributed by atoms with Crippen LogP contribution in [0.5, 0.6) is 0 Å². The number of ether oxygens (including phenoxy) is 2. The standard InChI is InChI=1S/C17H22O4/c1-17(2,3)14-9-13(21-16(14)19)10-15(18)20-11-12-7-5-4-6-8-12/h4-8,13-14H,9-11H2,1-3H3. The van der Waals surface area contributed by atoms with Crippen molar-refractivity contribution in [2.45, 2.75) is 46.3 Å². The minimum atomic E-state index is -0.356. The number of carbonyl (C=O) groups is 2. The number of cyclic esters (lactones) is 1. The van der Waals surface area contributed by atoms with Crippen molar-refractivity contribution in [3.63, 3.8) is 0 Å². The van der Waals surface area contributed by atoms with Gasteiger partial charge in [-0.1, -0.05) is 51.1 Å². The van der Waals surface area contributed by atoms with Crippen molar-refractivity contribution in [2.75, 3.05) is 0 Å². The van der Waals surface area contributed by atoms with Gasteiger partial charge in [0.05, 0.1) is 12.3 Å². The number of esters is 2. The number of carbonyl (C=O) groups excluding carboxylic acids is 2. The van der Waals surface area contributed by atoms with E-state index in [1.54, 1.807) is 0 Å². The van der Waals surface area contributed by atoms with E-state index < -0.39 is 0 Å². The lowest BCUT2D eigenvalue weighted by Crippen LogP contribution is -2.24. The Bertz CT molecular complexity index is 501. The van der Waals surface area contributed by atoms with Gasteiger partial charge in [0.1, 0.15) is 12.7 Å². The molecule has 0 saturated carbocycles. The summed E-state index contributed by atoms with van der Waals surface area (Å²) in [5, 5.41) is 0. The summed E-state index contributed by atoms with van der Waals surface area (Å²) < 4.78 is 10.5. The molecule has 2 rings (SSSR count). The Morgan fingerprint density at radius 3 is 2.52 bits per heavy atom. The van der Waals surface area contributed by atoms with Crippen molar-refractivity contribution in [3.05, 3.63) is 35.9 Å². The molecule has 0 aliphatic carbocycles. The molecule has 21 heavy (non-hydrogen) atoms. The topological polar surface area (TPSA) is 52.6 Å². The van der Waals surface area contributed by atoms with E-state index in [0.29, 0.717) is 6.42 Å². The maximum absolute atomic E-state index is 11.8. The molecule has 0 radical (unpaired) electrons. The van der Waals surface area contributed by atoms with Crippen molar-refractivity contribution in [2.24, 2.45) is 11.3 Å². The second-order valence-corrected chi connectivity index (χ2v) is 6.56. The fourth-order valence-corrected chi connectivity index (χ4v) is 2.47. The van der Waals surface area contributed by atoms with Crippen LogP contribution in [0.1, 0.15) is 39.2 Å². The van der Waals surface area contributed by atoms with Crippen LogP contribution < -0.4 is 0 Å². The van der Waals surface area contributed by atoms with Gasteiger partial charge in [-0.3, -0.25) is 9.59 Å². The van der Waals surface area contributed by atoms with Gasteiger partial charge in [0.2, 0.25) is 0 Å². The molecule has 1 aromatic rings. The Balaban J connectivity index is 1.80. The van der Waals surface area contributed by atoms with Crippen molar-refractivity contribution in [1.82, 2.24) is 0 Å². The summed E-state index contributed by atoms with van der Waals surface area (Å²) in [5.74, 6) is -0.681. The first-order valence-electron chi connectivity index (χ1n) is 7.26. The quantitative estimate of drug-likeness (QED) is 0.800. The highest BCUT2D eigenvalue weighted by atomic mass is 16.6. The normalized spacial score (nSPS) is 22.0. The average molecular weight is 290 g/mol. The summed E-state index contributed by atoms with van der Waals surface area (Å²) in [6, 6.07) is 9.51. The first-order chi connectivity index (χ1) is 9.86. The van der Waals surface area contributed by atoms with Crippen LogP contribution in [-0.2, 0) is 25.7 Å². The Morgan fingerprint density at radius 1 is 1.29 bits per heavy atom. The third-order valence-corrected chi connectivity index (χ3v) is 3.75. The molecular weight excluding hydrogens is 268 g/mol. The fraction of sp³-hybridized carbons (Fsp3) is 0.529. The molecule has 0 N–H and O–H groups in total. The Labute approximate surface area is 125 Å². The first-order valence-corrected chi connectivity index (χ1v) is 7.26. The maximum atomic E-state index is 11.8. The zero-order valence-electron chi connectivity index (χ0n) is 12.8. The lowest BCUT2D eigenvalue weighted by molar-refractivity contribution is -0.152. The van der Waals surface area contributed by atoms with Crippen LogP contribution in [0.15, 0.2) is 30.3 Å². The monoisotopic (exact) mass is 290 g/mol. The minimum absolute atomic E-state index is 0.130. The largest absolute Gasteiger partial charge is 0.461 e. The number of rotatable bonds is 4. The molecule has 0 bridgehead atoms. The summed E-state index contributed by atoms with van der Waals surface area (Å²) in [6.45, 7) is 6.28. The number of hydrogen-bond donors (Lipinski definition) is 0. The molecular formula is C17H22O4. The van der Waals surface area contributed by atoms with Crippen LogP contribution in [-0.4, -0.2) is 18.0 Å². The highest BCUT2D eigenvalue weighted by Crippen LogP contribution is 2.37. The predicted octanol–water partition coefficient (Wildman–Crippen LogP) is 3.10. The van der Waals surface area contributed by atoms with Gasteiger partial charge in [0.25, 0.3) is 0 Å². The zero-order valence-corrected chi connectivity index (χ0v) is 12.8. The average Bonchev–Trinajstić information content (AvgIpc) is 2.78. The summed E-state index contributed by atoms with van der Waals surface area (Å²) in [4.78, 5) is 23.6. The van der Waals surface area contributed by atoms with E-state index in [1.807, 2.05) is 51.1 Å². The summed E-state index contributed by atoms with van der Waals surface area (Å²) in [5.41, 5.74) is 0.807. The first kappa shape index (κ1) is 15.5. The minimum Gasteiger partial charge on any atom is -0.461 e. The smallest absolute Gasteiger partial charge is 0.309 e. The van der Waals surface area contributed by atoms with E-state index in [9.17, 15) is 9.59 Å². The molecule has 1 saturated heterocycles. The second kappa shape index (κ2) is 6.29. The lowest BCUT2D eigenvalue weighted by atomic mass is 9.79. The van der Waals surface area contributed by atoms with Gasteiger partial charge in [0, 0.05) is 0 Å². The van der Waals surface area contributed by atoms with Crippen molar-refractivity contribution in [1.29, 1.82) is 0 Å². The van der Waals surface area contributed by atoms with Crippen LogP contribution in [0, 0.1) is 11.3 Å². The van der Waals surface area contributed by atoms with Crippen molar-refractivity contribution < 1.29 is 19.1 Å². The Hall–Kier alpha value is -1.84. The van der Waals surface area contributed by atoms with Gasteiger partial charge in [-0.15, -0.1) is 0 Å². The Kier molecular flexibility index (Phi) is 4.66. The molecule has 1 fully saturated rings. The van der Waals surface area contributed by atoms with Crippen LogP contribution in [0.2, 0.25) is 0 Å². The van der Waals surface area contributed by atoms with Crippen molar-refractivity contribution in [3.8, 4) is 0 Å². The van der Waals surface area contributed by atoms with Crippen molar-refractivity contribution >= 4 is 11.9 Å².